The van der Waals surface area contributed by atoms with E-state index in [0.717, 1.165) is 32.5 Å². The second kappa shape index (κ2) is 7.68. The molecule has 8 heteroatoms. The van der Waals surface area contributed by atoms with Gasteiger partial charge in [0.1, 0.15) is 6.04 Å². The molecule has 1 aliphatic heterocycles. The number of urea groups is 1. The summed E-state index contributed by atoms with van der Waals surface area (Å²) in [5.74, 6) is -2.63. The Morgan fingerprint density at radius 2 is 2.05 bits per heavy atom. The lowest BCUT2D eigenvalue weighted by Gasteiger charge is -2.32. The summed E-state index contributed by atoms with van der Waals surface area (Å²) in [6.45, 7) is 4.65. The number of piperidine rings is 1. The minimum atomic E-state index is -1.42. The zero-order chi connectivity index (χ0) is 15.1. The summed E-state index contributed by atoms with van der Waals surface area (Å²) in [6, 6.07) is -2.09. The average Bonchev–Trinajstić information content (AvgIpc) is 2.37. The molecule has 8 nitrogen and oxygen atoms in total. The lowest BCUT2D eigenvalue weighted by Crippen LogP contribution is -2.53. The van der Waals surface area contributed by atoms with Gasteiger partial charge in [-0.3, -0.25) is 4.79 Å². The molecule has 1 saturated heterocycles. The van der Waals surface area contributed by atoms with E-state index in [0.29, 0.717) is 0 Å². The van der Waals surface area contributed by atoms with Crippen LogP contribution in [0.3, 0.4) is 0 Å². The fourth-order valence-electron chi connectivity index (χ4n) is 2.22. The van der Waals surface area contributed by atoms with Gasteiger partial charge in [-0.2, -0.15) is 0 Å². The second-order valence-corrected chi connectivity index (χ2v) is 4.84. The predicted octanol–water partition coefficient (Wildman–Crippen LogP) is -0.302. The van der Waals surface area contributed by atoms with Crippen molar-refractivity contribution >= 4 is 18.0 Å². The Bertz CT molecular complexity index is 374. The number of rotatable bonds is 6. The summed E-state index contributed by atoms with van der Waals surface area (Å²) in [5.41, 5.74) is 0. The SMILES string of the molecule is CCN1CCCC(NC(=O)N[C@H](CC(=O)O)C(=O)O)C1. The van der Waals surface area contributed by atoms with Crippen LogP contribution in [-0.4, -0.2) is 64.8 Å². The van der Waals surface area contributed by atoms with Crippen molar-refractivity contribution in [3.8, 4) is 0 Å². The van der Waals surface area contributed by atoms with Crippen molar-refractivity contribution in [1.29, 1.82) is 0 Å². The van der Waals surface area contributed by atoms with Gasteiger partial charge in [-0.25, -0.2) is 9.59 Å². The molecule has 2 atom stereocenters. The standard InChI is InChI=1S/C12H21N3O5/c1-2-15-5-3-4-8(7-15)13-12(20)14-9(11(18)19)6-10(16)17/h8-9H,2-7H2,1H3,(H,16,17)(H,18,19)(H2,13,14,20)/t8?,9-/m1/s1. The molecule has 114 valence electrons. The summed E-state index contributed by atoms with van der Waals surface area (Å²) in [5, 5.41) is 22.3. The van der Waals surface area contributed by atoms with E-state index in [1.807, 2.05) is 6.92 Å². The number of amides is 2. The van der Waals surface area contributed by atoms with Crippen molar-refractivity contribution in [3.63, 3.8) is 0 Å². The van der Waals surface area contributed by atoms with E-state index in [1.165, 1.54) is 0 Å². The van der Waals surface area contributed by atoms with Crippen LogP contribution in [0.25, 0.3) is 0 Å². The molecule has 1 fully saturated rings. The maximum Gasteiger partial charge on any atom is 0.326 e. The number of carboxylic acid groups (broad SMARTS) is 2. The Morgan fingerprint density at radius 3 is 2.60 bits per heavy atom. The molecule has 20 heavy (non-hydrogen) atoms. The summed E-state index contributed by atoms with van der Waals surface area (Å²) >= 11 is 0. The van der Waals surface area contributed by atoms with Crippen LogP contribution in [0.2, 0.25) is 0 Å². The van der Waals surface area contributed by atoms with E-state index < -0.39 is 30.4 Å². The molecule has 0 spiro atoms. The number of likely N-dealkylation sites (tertiary alicyclic amines) is 1. The van der Waals surface area contributed by atoms with Gasteiger partial charge in [0.05, 0.1) is 6.42 Å². The number of carbonyl (C=O) groups is 3. The summed E-state index contributed by atoms with van der Waals surface area (Å²) < 4.78 is 0. The van der Waals surface area contributed by atoms with Gasteiger partial charge < -0.3 is 25.7 Å². The lowest BCUT2D eigenvalue weighted by molar-refractivity contribution is -0.145. The van der Waals surface area contributed by atoms with Gasteiger partial charge in [0.15, 0.2) is 0 Å². The fraction of sp³-hybridized carbons (Fsp3) is 0.750. The van der Waals surface area contributed by atoms with Gasteiger partial charge in [0.25, 0.3) is 0 Å². The monoisotopic (exact) mass is 287 g/mol. The highest BCUT2D eigenvalue weighted by Crippen LogP contribution is 2.09. The molecule has 0 aromatic rings. The first-order valence-corrected chi connectivity index (χ1v) is 6.66. The quantitative estimate of drug-likeness (QED) is 0.532. The van der Waals surface area contributed by atoms with Gasteiger partial charge >= 0.3 is 18.0 Å². The first kappa shape index (κ1) is 16.2. The number of nitrogens with zero attached hydrogens (tertiary/aromatic N) is 1. The largest absolute Gasteiger partial charge is 0.481 e. The normalized spacial score (nSPS) is 20.9. The Balaban J connectivity index is 2.44. The smallest absolute Gasteiger partial charge is 0.326 e. The molecule has 2 amide bonds. The first-order valence-electron chi connectivity index (χ1n) is 6.66. The molecular weight excluding hydrogens is 266 g/mol. The van der Waals surface area contributed by atoms with Crippen LogP contribution in [0.5, 0.6) is 0 Å². The number of hydrogen-bond acceptors (Lipinski definition) is 4. The minimum absolute atomic E-state index is 0.0389. The molecule has 0 radical (unpaired) electrons. The highest BCUT2D eigenvalue weighted by atomic mass is 16.4. The number of hydrogen-bond donors (Lipinski definition) is 4. The maximum atomic E-state index is 11.7. The Hall–Kier alpha value is -1.83. The number of likely N-dealkylation sites (N-methyl/N-ethyl adjacent to an activating group) is 1. The van der Waals surface area contributed by atoms with Crippen molar-refractivity contribution in [2.24, 2.45) is 0 Å². The van der Waals surface area contributed by atoms with Crippen molar-refractivity contribution in [2.45, 2.75) is 38.3 Å². The molecule has 0 saturated carbocycles. The van der Waals surface area contributed by atoms with Gasteiger partial charge in [-0.15, -0.1) is 0 Å². The van der Waals surface area contributed by atoms with E-state index >= 15 is 0 Å². The number of nitrogens with one attached hydrogen (secondary N) is 2. The minimum Gasteiger partial charge on any atom is -0.481 e. The molecule has 4 N–H and O–H groups in total. The molecule has 0 aromatic heterocycles. The first-order chi connectivity index (χ1) is 9.42. The molecule has 1 unspecified atom stereocenters. The lowest BCUT2D eigenvalue weighted by atomic mass is 10.1. The second-order valence-electron chi connectivity index (χ2n) is 4.84. The highest BCUT2D eigenvalue weighted by Gasteiger charge is 2.25. The molecule has 1 heterocycles. The van der Waals surface area contributed by atoms with Crippen LogP contribution in [0.1, 0.15) is 26.2 Å². The van der Waals surface area contributed by atoms with Crippen LogP contribution in [-0.2, 0) is 9.59 Å². The van der Waals surface area contributed by atoms with Gasteiger partial charge in [-0.1, -0.05) is 6.92 Å². The van der Waals surface area contributed by atoms with E-state index in [2.05, 4.69) is 15.5 Å². The number of carboxylic acids is 2. The van der Waals surface area contributed by atoms with Crippen molar-refractivity contribution in [3.05, 3.63) is 0 Å². The van der Waals surface area contributed by atoms with E-state index in [9.17, 15) is 14.4 Å². The number of carbonyl (C=O) groups excluding carboxylic acids is 1. The topological polar surface area (TPSA) is 119 Å². The van der Waals surface area contributed by atoms with Crippen molar-refractivity contribution < 1.29 is 24.6 Å². The fourth-order valence-corrected chi connectivity index (χ4v) is 2.22. The molecule has 0 bridgehead atoms. The Labute approximate surface area is 117 Å². The van der Waals surface area contributed by atoms with Crippen molar-refractivity contribution in [2.75, 3.05) is 19.6 Å². The van der Waals surface area contributed by atoms with Crippen LogP contribution in [0, 0.1) is 0 Å². The van der Waals surface area contributed by atoms with Crippen LogP contribution >= 0.6 is 0 Å². The summed E-state index contributed by atoms with van der Waals surface area (Å²) in [6.07, 6.45) is 1.16. The van der Waals surface area contributed by atoms with Gasteiger partial charge in [-0.05, 0) is 25.9 Å². The zero-order valence-electron chi connectivity index (χ0n) is 11.5. The molecule has 1 aliphatic rings. The predicted molar refractivity (Wildman–Crippen MR) is 70.5 cm³/mol. The third-order valence-electron chi connectivity index (χ3n) is 3.27. The van der Waals surface area contributed by atoms with Gasteiger partial charge in [0, 0.05) is 12.6 Å². The maximum absolute atomic E-state index is 11.7. The van der Waals surface area contributed by atoms with Crippen LogP contribution in [0.4, 0.5) is 4.79 Å². The highest BCUT2D eigenvalue weighted by molar-refractivity contribution is 5.86. The van der Waals surface area contributed by atoms with E-state index in [-0.39, 0.29) is 6.04 Å². The Kier molecular flexibility index (Phi) is 6.23. The van der Waals surface area contributed by atoms with Crippen LogP contribution in [0.15, 0.2) is 0 Å². The Morgan fingerprint density at radius 1 is 1.35 bits per heavy atom. The van der Waals surface area contributed by atoms with Gasteiger partial charge in [0.2, 0.25) is 0 Å². The van der Waals surface area contributed by atoms with E-state index in [4.69, 9.17) is 10.2 Å². The van der Waals surface area contributed by atoms with Crippen molar-refractivity contribution in [1.82, 2.24) is 15.5 Å². The summed E-state index contributed by atoms with van der Waals surface area (Å²) in [4.78, 5) is 35.3. The molecule has 1 rings (SSSR count). The van der Waals surface area contributed by atoms with E-state index in [1.54, 1.807) is 0 Å². The molecule has 0 aliphatic carbocycles. The zero-order valence-corrected chi connectivity index (χ0v) is 11.5. The van der Waals surface area contributed by atoms with Crippen LogP contribution < -0.4 is 10.6 Å². The molecule has 0 aromatic carbocycles. The third kappa shape index (κ3) is 5.43. The summed E-state index contributed by atoms with van der Waals surface area (Å²) in [7, 11) is 0. The average molecular weight is 287 g/mol. The third-order valence-corrected chi connectivity index (χ3v) is 3.27. The molecular formula is C12H21N3O5. The number of aliphatic carboxylic acids is 2.